The molecule has 1 N–H and O–H groups in total. The van der Waals surface area contributed by atoms with Gasteiger partial charge < -0.3 is 15.0 Å². The van der Waals surface area contributed by atoms with Gasteiger partial charge in [0, 0.05) is 17.7 Å². The van der Waals surface area contributed by atoms with Crippen molar-refractivity contribution in [2.75, 3.05) is 30.8 Å². The number of hydrogen-bond acceptors (Lipinski definition) is 7. The van der Waals surface area contributed by atoms with E-state index in [1.54, 1.807) is 12.3 Å². The number of nitrogens with zero attached hydrogens (tertiary/aromatic N) is 2. The number of aromatic nitrogens is 1. The van der Waals surface area contributed by atoms with Crippen molar-refractivity contribution >= 4 is 45.3 Å². The molecule has 1 saturated heterocycles. The number of nitrogens with one attached hydrogen (secondary N) is 1. The van der Waals surface area contributed by atoms with Gasteiger partial charge in [-0.15, -0.1) is 11.3 Å². The summed E-state index contributed by atoms with van der Waals surface area (Å²) in [6.45, 7) is 2.68. The predicted octanol–water partition coefficient (Wildman–Crippen LogP) is 1.36. The molecule has 0 atom stereocenters. The van der Waals surface area contributed by atoms with Crippen LogP contribution >= 0.6 is 23.1 Å². The van der Waals surface area contributed by atoms with Crippen LogP contribution in [0.1, 0.15) is 12.6 Å². The molecule has 0 unspecified atom stereocenters. The van der Waals surface area contributed by atoms with Gasteiger partial charge in [0.05, 0.1) is 18.7 Å². The van der Waals surface area contributed by atoms with Crippen LogP contribution in [0.3, 0.4) is 0 Å². The normalized spacial score (nSPS) is 14.3. The Kier molecular flexibility index (Phi) is 5.57. The summed E-state index contributed by atoms with van der Waals surface area (Å²) in [5.41, 5.74) is 0.557. The number of amides is 2. The topological polar surface area (TPSA) is 88.6 Å². The molecule has 21 heavy (non-hydrogen) atoms. The van der Waals surface area contributed by atoms with Crippen molar-refractivity contribution in [3.05, 3.63) is 11.1 Å². The molecule has 0 aromatic carbocycles. The zero-order valence-electron chi connectivity index (χ0n) is 11.5. The summed E-state index contributed by atoms with van der Waals surface area (Å²) in [5, 5.41) is 4.66. The van der Waals surface area contributed by atoms with Gasteiger partial charge >= 0.3 is 5.97 Å². The van der Waals surface area contributed by atoms with Gasteiger partial charge in [0.2, 0.25) is 5.91 Å². The Morgan fingerprint density at radius 3 is 3.00 bits per heavy atom. The largest absolute Gasteiger partial charge is 0.466 e. The smallest absolute Gasteiger partial charge is 0.311 e. The Morgan fingerprint density at radius 1 is 1.52 bits per heavy atom. The lowest BCUT2D eigenvalue weighted by Crippen LogP contribution is -2.33. The number of ether oxygens (including phenoxy) is 1. The number of esters is 1. The van der Waals surface area contributed by atoms with Gasteiger partial charge in [-0.05, 0) is 6.92 Å². The number of hydrogen-bond donors (Lipinski definition) is 1. The van der Waals surface area contributed by atoms with Crippen LogP contribution in [0.25, 0.3) is 0 Å². The van der Waals surface area contributed by atoms with E-state index in [1.807, 2.05) is 0 Å². The second kappa shape index (κ2) is 7.41. The third-order valence-corrected chi connectivity index (χ3v) is 4.31. The summed E-state index contributed by atoms with van der Waals surface area (Å²) in [7, 11) is 0. The Balaban J connectivity index is 1.82. The van der Waals surface area contributed by atoms with E-state index in [0.717, 1.165) is 0 Å². The van der Waals surface area contributed by atoms with Crippen LogP contribution in [0.15, 0.2) is 5.38 Å². The number of anilines is 1. The standard InChI is InChI=1S/C12H15N3O4S2/c1-2-19-10(17)5-8-7-21-11(13-8)14-9(16)6-15-3-4-20-12(15)18/h7H,2-6H2,1H3,(H,13,14,16). The molecule has 1 aliphatic heterocycles. The van der Waals surface area contributed by atoms with E-state index in [2.05, 4.69) is 10.3 Å². The molecular weight excluding hydrogens is 314 g/mol. The van der Waals surface area contributed by atoms with E-state index in [4.69, 9.17) is 4.74 Å². The van der Waals surface area contributed by atoms with Crippen molar-refractivity contribution in [2.45, 2.75) is 13.3 Å². The minimum absolute atomic E-state index is 0.0264. The van der Waals surface area contributed by atoms with Gasteiger partial charge in [0.1, 0.15) is 6.54 Å². The summed E-state index contributed by atoms with van der Waals surface area (Å²) >= 11 is 2.45. The van der Waals surface area contributed by atoms with Crippen LogP contribution in [0.5, 0.6) is 0 Å². The summed E-state index contributed by atoms with van der Waals surface area (Å²) in [6, 6.07) is 0. The Hall–Kier alpha value is -1.61. The fourth-order valence-electron chi connectivity index (χ4n) is 1.71. The monoisotopic (exact) mass is 329 g/mol. The van der Waals surface area contributed by atoms with Crippen molar-refractivity contribution in [2.24, 2.45) is 0 Å². The molecule has 114 valence electrons. The third kappa shape index (κ3) is 4.71. The summed E-state index contributed by atoms with van der Waals surface area (Å²) in [5.74, 6) is 0.0795. The fraction of sp³-hybridized carbons (Fsp3) is 0.500. The van der Waals surface area contributed by atoms with E-state index >= 15 is 0 Å². The van der Waals surface area contributed by atoms with Gasteiger partial charge in [-0.25, -0.2) is 4.98 Å². The van der Waals surface area contributed by atoms with E-state index in [0.29, 0.717) is 29.7 Å². The lowest BCUT2D eigenvalue weighted by molar-refractivity contribution is -0.142. The number of thiazole rings is 1. The molecule has 0 radical (unpaired) electrons. The molecule has 0 bridgehead atoms. The first-order chi connectivity index (χ1) is 10.1. The first-order valence-electron chi connectivity index (χ1n) is 6.40. The molecule has 1 aromatic rings. The second-order valence-electron chi connectivity index (χ2n) is 4.21. The van der Waals surface area contributed by atoms with Crippen LogP contribution in [0.2, 0.25) is 0 Å². The Morgan fingerprint density at radius 2 is 2.33 bits per heavy atom. The second-order valence-corrected chi connectivity index (χ2v) is 6.11. The van der Waals surface area contributed by atoms with E-state index < -0.39 is 0 Å². The first kappa shape index (κ1) is 15.8. The van der Waals surface area contributed by atoms with Gasteiger partial charge in [0.15, 0.2) is 5.13 Å². The maximum atomic E-state index is 11.8. The van der Waals surface area contributed by atoms with Gasteiger partial charge in [0.25, 0.3) is 5.24 Å². The molecule has 0 saturated carbocycles. The van der Waals surface area contributed by atoms with Gasteiger partial charge in [-0.1, -0.05) is 11.8 Å². The molecule has 9 heteroatoms. The highest BCUT2D eigenvalue weighted by Gasteiger charge is 2.23. The van der Waals surface area contributed by atoms with Crippen molar-refractivity contribution in [1.29, 1.82) is 0 Å². The van der Waals surface area contributed by atoms with Gasteiger partial charge in [-0.2, -0.15) is 0 Å². The summed E-state index contributed by atoms with van der Waals surface area (Å²) in [6.07, 6.45) is 0.0848. The minimum atomic E-state index is -0.347. The SMILES string of the molecule is CCOC(=O)Cc1csc(NC(=O)CN2CCSC2=O)n1. The highest BCUT2D eigenvalue weighted by atomic mass is 32.2. The lowest BCUT2D eigenvalue weighted by Gasteiger charge is -2.12. The molecule has 1 aliphatic rings. The van der Waals surface area contributed by atoms with Crippen LogP contribution in [-0.4, -0.2) is 52.4 Å². The Bertz CT molecular complexity index is 546. The zero-order chi connectivity index (χ0) is 15.2. The van der Waals surface area contributed by atoms with Crippen LogP contribution in [0, 0.1) is 0 Å². The van der Waals surface area contributed by atoms with Crippen LogP contribution in [0.4, 0.5) is 9.93 Å². The van der Waals surface area contributed by atoms with Crippen molar-refractivity contribution in [3.63, 3.8) is 0 Å². The molecule has 7 nitrogen and oxygen atoms in total. The molecule has 2 rings (SSSR count). The number of rotatable bonds is 6. The molecule has 0 spiro atoms. The maximum Gasteiger partial charge on any atom is 0.311 e. The maximum absolute atomic E-state index is 11.8. The summed E-state index contributed by atoms with van der Waals surface area (Å²) in [4.78, 5) is 40.2. The highest BCUT2D eigenvalue weighted by Crippen LogP contribution is 2.18. The van der Waals surface area contributed by atoms with Gasteiger partial charge in [-0.3, -0.25) is 14.4 Å². The van der Waals surface area contributed by atoms with E-state index in [1.165, 1.54) is 28.0 Å². The number of thioether (sulfide) groups is 1. The highest BCUT2D eigenvalue weighted by molar-refractivity contribution is 8.13. The average Bonchev–Trinajstić information content (AvgIpc) is 3.00. The summed E-state index contributed by atoms with van der Waals surface area (Å²) < 4.78 is 4.83. The fourth-order valence-corrected chi connectivity index (χ4v) is 3.26. The average molecular weight is 329 g/mol. The Labute approximate surface area is 130 Å². The zero-order valence-corrected chi connectivity index (χ0v) is 13.1. The minimum Gasteiger partial charge on any atom is -0.466 e. The van der Waals surface area contributed by atoms with E-state index in [-0.39, 0.29) is 30.1 Å². The van der Waals surface area contributed by atoms with Crippen LogP contribution in [-0.2, 0) is 20.7 Å². The van der Waals surface area contributed by atoms with Crippen molar-refractivity contribution in [3.8, 4) is 0 Å². The molecule has 1 fully saturated rings. The molecule has 0 aliphatic carbocycles. The number of carbonyl (C=O) groups is 3. The van der Waals surface area contributed by atoms with Crippen LogP contribution < -0.4 is 5.32 Å². The van der Waals surface area contributed by atoms with Crippen molar-refractivity contribution in [1.82, 2.24) is 9.88 Å². The quantitative estimate of drug-likeness (QED) is 0.793. The predicted molar refractivity (Wildman–Crippen MR) is 80.5 cm³/mol. The lowest BCUT2D eigenvalue weighted by atomic mass is 10.3. The molecule has 1 aromatic heterocycles. The van der Waals surface area contributed by atoms with E-state index in [9.17, 15) is 14.4 Å². The molecule has 2 amide bonds. The van der Waals surface area contributed by atoms with Crippen molar-refractivity contribution < 1.29 is 19.1 Å². The number of carbonyl (C=O) groups excluding carboxylic acids is 3. The molecular formula is C12H15N3O4S2. The molecule has 2 heterocycles. The third-order valence-electron chi connectivity index (χ3n) is 2.61. The first-order valence-corrected chi connectivity index (χ1v) is 8.26.